The third-order valence-electron chi connectivity index (χ3n) is 3.00. The van der Waals surface area contributed by atoms with Gasteiger partial charge in [-0.3, -0.25) is 4.90 Å². The maximum Gasteiger partial charge on any atom is 0.157 e. The predicted molar refractivity (Wildman–Crippen MR) is 69.1 cm³/mol. The lowest BCUT2D eigenvalue weighted by Gasteiger charge is -2.27. The molecule has 0 aromatic heterocycles. The first kappa shape index (κ1) is 13.8. The molecular weight excluding hydrogens is 216 g/mol. The van der Waals surface area contributed by atoms with E-state index >= 15 is 0 Å². The molecule has 1 unspecified atom stereocenters. The zero-order valence-electron chi connectivity index (χ0n) is 10.6. The SMILES string of the molecule is CCCCN(C)C(CN)c1ccc(O)c(O)c1. The molecule has 0 aliphatic carbocycles. The first-order valence-electron chi connectivity index (χ1n) is 6.02. The summed E-state index contributed by atoms with van der Waals surface area (Å²) >= 11 is 0. The number of rotatable bonds is 6. The van der Waals surface area contributed by atoms with Crippen LogP contribution in [0.5, 0.6) is 11.5 Å². The molecular formula is C13H22N2O2. The van der Waals surface area contributed by atoms with Gasteiger partial charge in [0.15, 0.2) is 11.5 Å². The Labute approximate surface area is 103 Å². The molecule has 1 aromatic rings. The van der Waals surface area contributed by atoms with Crippen LogP contribution in [0.2, 0.25) is 0 Å². The zero-order chi connectivity index (χ0) is 12.8. The molecule has 1 rings (SSSR count). The second-order valence-corrected chi connectivity index (χ2v) is 4.33. The lowest BCUT2D eigenvalue weighted by atomic mass is 10.0. The van der Waals surface area contributed by atoms with Crippen LogP contribution < -0.4 is 5.73 Å². The van der Waals surface area contributed by atoms with Crippen LogP contribution in [-0.4, -0.2) is 35.3 Å². The zero-order valence-corrected chi connectivity index (χ0v) is 10.6. The van der Waals surface area contributed by atoms with Crippen molar-refractivity contribution in [3.05, 3.63) is 23.8 Å². The molecule has 17 heavy (non-hydrogen) atoms. The molecule has 0 aliphatic rings. The molecule has 4 heteroatoms. The average Bonchev–Trinajstić information content (AvgIpc) is 2.32. The number of phenols is 2. The van der Waals surface area contributed by atoms with Gasteiger partial charge in [0.05, 0.1) is 0 Å². The minimum Gasteiger partial charge on any atom is -0.504 e. The number of unbranched alkanes of at least 4 members (excludes halogenated alkanes) is 1. The quantitative estimate of drug-likeness (QED) is 0.661. The summed E-state index contributed by atoms with van der Waals surface area (Å²) in [5.74, 6) is -0.189. The van der Waals surface area contributed by atoms with Gasteiger partial charge in [0, 0.05) is 12.6 Å². The Kier molecular flexibility index (Phi) is 5.25. The fraction of sp³-hybridized carbons (Fsp3) is 0.538. The average molecular weight is 238 g/mol. The third-order valence-corrected chi connectivity index (χ3v) is 3.00. The number of likely N-dealkylation sites (N-methyl/N-ethyl adjacent to an activating group) is 1. The van der Waals surface area contributed by atoms with Crippen molar-refractivity contribution < 1.29 is 10.2 Å². The molecule has 0 saturated heterocycles. The van der Waals surface area contributed by atoms with Gasteiger partial charge in [-0.05, 0) is 37.7 Å². The van der Waals surface area contributed by atoms with Crippen LogP contribution in [0.15, 0.2) is 18.2 Å². The Hall–Kier alpha value is -1.26. The van der Waals surface area contributed by atoms with Gasteiger partial charge in [-0.1, -0.05) is 19.4 Å². The van der Waals surface area contributed by atoms with Gasteiger partial charge in [-0.2, -0.15) is 0 Å². The Bertz CT molecular complexity index is 355. The number of nitrogens with two attached hydrogens (primary N) is 1. The van der Waals surface area contributed by atoms with E-state index in [2.05, 4.69) is 11.8 Å². The van der Waals surface area contributed by atoms with E-state index in [4.69, 9.17) is 5.73 Å². The van der Waals surface area contributed by atoms with Gasteiger partial charge in [0.1, 0.15) is 0 Å². The summed E-state index contributed by atoms with van der Waals surface area (Å²) in [4.78, 5) is 2.18. The highest BCUT2D eigenvalue weighted by Crippen LogP contribution is 2.29. The van der Waals surface area contributed by atoms with Crippen molar-refractivity contribution in [1.82, 2.24) is 4.90 Å². The summed E-state index contributed by atoms with van der Waals surface area (Å²) in [5.41, 5.74) is 6.71. The molecule has 1 atom stereocenters. The normalized spacial score (nSPS) is 12.9. The standard InChI is InChI=1S/C13H22N2O2/c1-3-4-7-15(2)11(9-14)10-5-6-12(16)13(17)8-10/h5-6,8,11,16-17H,3-4,7,9,14H2,1-2H3. The lowest BCUT2D eigenvalue weighted by Crippen LogP contribution is -2.31. The smallest absolute Gasteiger partial charge is 0.157 e. The Balaban J connectivity index is 2.81. The molecule has 96 valence electrons. The number of benzene rings is 1. The molecule has 0 spiro atoms. The minimum absolute atomic E-state index is 0.0769. The monoisotopic (exact) mass is 238 g/mol. The van der Waals surface area contributed by atoms with Crippen molar-refractivity contribution >= 4 is 0 Å². The van der Waals surface area contributed by atoms with Gasteiger partial charge in [0.25, 0.3) is 0 Å². The van der Waals surface area contributed by atoms with E-state index in [0.717, 1.165) is 24.9 Å². The molecule has 0 bridgehead atoms. The van der Waals surface area contributed by atoms with Gasteiger partial charge in [-0.15, -0.1) is 0 Å². The van der Waals surface area contributed by atoms with Crippen LogP contribution in [0.3, 0.4) is 0 Å². The summed E-state index contributed by atoms with van der Waals surface area (Å²) in [7, 11) is 2.02. The fourth-order valence-electron chi connectivity index (χ4n) is 1.88. The first-order chi connectivity index (χ1) is 8.10. The molecule has 4 N–H and O–H groups in total. The highest BCUT2D eigenvalue weighted by molar-refractivity contribution is 5.41. The Morgan fingerprint density at radius 2 is 2.00 bits per heavy atom. The fourth-order valence-corrected chi connectivity index (χ4v) is 1.88. The molecule has 0 aliphatic heterocycles. The summed E-state index contributed by atoms with van der Waals surface area (Å²) in [6.07, 6.45) is 2.26. The van der Waals surface area contributed by atoms with E-state index in [0.29, 0.717) is 6.54 Å². The summed E-state index contributed by atoms with van der Waals surface area (Å²) in [6, 6.07) is 4.96. The van der Waals surface area contributed by atoms with Crippen LogP contribution in [0, 0.1) is 0 Å². The van der Waals surface area contributed by atoms with Crippen molar-refractivity contribution in [3.8, 4) is 11.5 Å². The van der Waals surface area contributed by atoms with Crippen LogP contribution in [0.25, 0.3) is 0 Å². The maximum absolute atomic E-state index is 9.49. The third kappa shape index (κ3) is 3.61. The molecule has 4 nitrogen and oxygen atoms in total. The molecule has 0 amide bonds. The largest absolute Gasteiger partial charge is 0.504 e. The van der Waals surface area contributed by atoms with Crippen molar-refractivity contribution in [2.24, 2.45) is 5.73 Å². The Morgan fingerprint density at radius 3 is 2.53 bits per heavy atom. The minimum atomic E-state index is -0.0965. The number of nitrogens with zero attached hydrogens (tertiary/aromatic N) is 1. The predicted octanol–water partition coefficient (Wildman–Crippen LogP) is 1.83. The van der Waals surface area contributed by atoms with Crippen LogP contribution >= 0.6 is 0 Å². The molecule has 0 fully saturated rings. The second-order valence-electron chi connectivity index (χ2n) is 4.33. The highest BCUT2D eigenvalue weighted by Gasteiger charge is 2.16. The number of hydrogen-bond donors (Lipinski definition) is 3. The molecule has 0 radical (unpaired) electrons. The summed E-state index contributed by atoms with van der Waals surface area (Å²) in [5, 5.41) is 18.8. The van der Waals surface area contributed by atoms with E-state index < -0.39 is 0 Å². The van der Waals surface area contributed by atoms with E-state index in [1.54, 1.807) is 12.1 Å². The van der Waals surface area contributed by atoms with Gasteiger partial charge < -0.3 is 15.9 Å². The number of phenolic OH excluding ortho intramolecular Hbond substituents is 2. The number of hydrogen-bond acceptors (Lipinski definition) is 4. The highest BCUT2D eigenvalue weighted by atomic mass is 16.3. The van der Waals surface area contributed by atoms with Crippen molar-refractivity contribution in [2.45, 2.75) is 25.8 Å². The topological polar surface area (TPSA) is 69.7 Å². The second kappa shape index (κ2) is 6.47. The first-order valence-corrected chi connectivity index (χ1v) is 6.02. The summed E-state index contributed by atoms with van der Waals surface area (Å²) < 4.78 is 0. The number of aromatic hydroxyl groups is 2. The van der Waals surface area contributed by atoms with E-state index in [-0.39, 0.29) is 17.5 Å². The molecule has 0 heterocycles. The van der Waals surface area contributed by atoms with Gasteiger partial charge in [-0.25, -0.2) is 0 Å². The van der Waals surface area contributed by atoms with Crippen molar-refractivity contribution in [2.75, 3.05) is 20.1 Å². The van der Waals surface area contributed by atoms with Crippen LogP contribution in [0.4, 0.5) is 0 Å². The Morgan fingerprint density at radius 1 is 1.29 bits per heavy atom. The maximum atomic E-state index is 9.49. The van der Waals surface area contributed by atoms with Crippen LogP contribution in [0.1, 0.15) is 31.4 Å². The lowest BCUT2D eigenvalue weighted by molar-refractivity contribution is 0.246. The summed E-state index contributed by atoms with van der Waals surface area (Å²) in [6.45, 7) is 3.61. The van der Waals surface area contributed by atoms with Gasteiger partial charge >= 0.3 is 0 Å². The van der Waals surface area contributed by atoms with Crippen molar-refractivity contribution in [1.29, 1.82) is 0 Å². The van der Waals surface area contributed by atoms with E-state index in [1.807, 2.05) is 7.05 Å². The van der Waals surface area contributed by atoms with Crippen molar-refractivity contribution in [3.63, 3.8) is 0 Å². The van der Waals surface area contributed by atoms with E-state index in [1.165, 1.54) is 6.07 Å². The molecule has 1 aromatic carbocycles. The van der Waals surface area contributed by atoms with Gasteiger partial charge in [0.2, 0.25) is 0 Å². The van der Waals surface area contributed by atoms with E-state index in [9.17, 15) is 10.2 Å². The molecule has 0 saturated carbocycles. The van der Waals surface area contributed by atoms with Crippen LogP contribution in [-0.2, 0) is 0 Å².